The van der Waals surface area contributed by atoms with Crippen molar-refractivity contribution in [3.8, 4) is 0 Å². The minimum atomic E-state index is -4.46. The predicted octanol–water partition coefficient (Wildman–Crippen LogP) is 2.89. The van der Waals surface area contributed by atoms with Gasteiger partial charge in [-0.15, -0.1) is 0 Å². The van der Waals surface area contributed by atoms with E-state index in [1.807, 2.05) is 43.3 Å². The minimum Gasteiger partial charge on any atom is -0.463 e. The number of ether oxygens (including phenoxy) is 3. The Morgan fingerprint density at radius 1 is 0.830 bits per heavy atom. The summed E-state index contributed by atoms with van der Waals surface area (Å²) in [4.78, 5) is 46.9. The molecule has 0 radical (unpaired) electrons. The van der Waals surface area contributed by atoms with Crippen molar-refractivity contribution in [1.82, 2.24) is 10.6 Å². The summed E-state index contributed by atoms with van der Waals surface area (Å²) in [6.45, 7) is 1.48. The van der Waals surface area contributed by atoms with Crippen LogP contribution in [0.4, 0.5) is 17.1 Å². The molecule has 16 nitrogen and oxygen atoms in total. The molecule has 0 heterocycles. The van der Waals surface area contributed by atoms with Gasteiger partial charge >= 0.3 is 13.8 Å². The van der Waals surface area contributed by atoms with Gasteiger partial charge in [0.2, 0.25) is 5.91 Å². The number of phosphoric acid groups is 1. The third-order valence-corrected chi connectivity index (χ3v) is 6.97. The van der Waals surface area contributed by atoms with Gasteiger partial charge in [-0.1, -0.05) is 6.92 Å². The van der Waals surface area contributed by atoms with E-state index in [0.29, 0.717) is 17.8 Å². The fraction of sp³-hybridized carbons (Fsp3) is 0.500. The predicted molar refractivity (Wildman–Crippen MR) is 172 cm³/mol. The highest BCUT2D eigenvalue weighted by Gasteiger charge is 2.23. The monoisotopic (exact) mass is 681 g/mol. The zero-order valence-electron chi connectivity index (χ0n) is 26.8. The summed E-state index contributed by atoms with van der Waals surface area (Å²) in [6, 6.07) is 14.4. The lowest BCUT2D eigenvalue weighted by atomic mass is 10.2. The summed E-state index contributed by atoms with van der Waals surface area (Å²) >= 11 is 0. The first kappa shape index (κ1) is 39.4. The van der Waals surface area contributed by atoms with Crippen molar-refractivity contribution in [3.05, 3.63) is 54.1 Å². The topological polar surface area (TPSA) is 207 Å². The zero-order valence-corrected chi connectivity index (χ0v) is 27.7. The average Bonchev–Trinajstić information content (AvgIpc) is 3.06. The molecule has 2 aromatic rings. The zero-order chi connectivity index (χ0) is 34.5. The van der Waals surface area contributed by atoms with Crippen LogP contribution in [0.5, 0.6) is 0 Å². The number of esters is 1. The lowest BCUT2D eigenvalue weighted by Gasteiger charge is -2.15. The van der Waals surface area contributed by atoms with Crippen molar-refractivity contribution < 1.29 is 52.2 Å². The van der Waals surface area contributed by atoms with Crippen LogP contribution in [-0.2, 0) is 37.4 Å². The van der Waals surface area contributed by atoms with Gasteiger partial charge in [0.05, 0.1) is 51.0 Å². The summed E-state index contributed by atoms with van der Waals surface area (Å²) in [5, 5.41) is 23.3. The Hall–Kier alpha value is -3.76. The van der Waals surface area contributed by atoms with Crippen LogP contribution in [0, 0.1) is 0 Å². The number of benzene rings is 2. The van der Waals surface area contributed by atoms with Crippen molar-refractivity contribution in [1.29, 1.82) is 0 Å². The van der Waals surface area contributed by atoms with Gasteiger partial charge in [0, 0.05) is 51.3 Å². The second-order valence-electron chi connectivity index (χ2n) is 10.0. The van der Waals surface area contributed by atoms with Gasteiger partial charge in [-0.05, 0) is 48.5 Å². The number of nitrogens with one attached hydrogen (secondary N) is 2. The highest BCUT2D eigenvalue weighted by molar-refractivity contribution is 7.47. The average molecular weight is 682 g/mol. The maximum Gasteiger partial charge on any atom is 0.472 e. The number of anilines is 1. The molecule has 0 spiro atoms. The van der Waals surface area contributed by atoms with Gasteiger partial charge in [0.1, 0.15) is 12.7 Å². The summed E-state index contributed by atoms with van der Waals surface area (Å²) in [6.07, 6.45) is -1.11. The van der Waals surface area contributed by atoms with Crippen LogP contribution in [0.25, 0.3) is 0 Å². The Morgan fingerprint density at radius 2 is 1.43 bits per heavy atom. The fourth-order valence-electron chi connectivity index (χ4n) is 3.43. The first-order valence-electron chi connectivity index (χ1n) is 14.9. The molecule has 47 heavy (non-hydrogen) atoms. The van der Waals surface area contributed by atoms with Crippen LogP contribution in [0.1, 0.15) is 30.1 Å². The second-order valence-corrected chi connectivity index (χ2v) is 11.5. The fourth-order valence-corrected chi connectivity index (χ4v) is 4.19. The lowest BCUT2D eigenvalue weighted by Crippen LogP contribution is -2.28. The number of aliphatic hydroxyl groups excluding tert-OH is 1. The van der Waals surface area contributed by atoms with Crippen LogP contribution in [-0.4, -0.2) is 107 Å². The Bertz CT molecular complexity index is 1310. The molecule has 17 heteroatoms. The molecule has 2 aromatic carbocycles. The first-order chi connectivity index (χ1) is 22.5. The van der Waals surface area contributed by atoms with E-state index in [2.05, 4.69) is 25.4 Å². The summed E-state index contributed by atoms with van der Waals surface area (Å²) in [5.74, 6) is -1.13. The highest BCUT2D eigenvalue weighted by Crippen LogP contribution is 2.42. The number of aliphatic hydroxyl groups is 1. The van der Waals surface area contributed by atoms with Crippen LogP contribution < -0.4 is 15.5 Å². The van der Waals surface area contributed by atoms with E-state index in [-0.39, 0.29) is 70.8 Å². The number of carbonyl (C=O) groups excluding carboxylic acids is 3. The van der Waals surface area contributed by atoms with E-state index in [4.69, 9.17) is 18.7 Å². The van der Waals surface area contributed by atoms with E-state index in [1.54, 1.807) is 31.2 Å². The molecule has 0 saturated heterocycles. The van der Waals surface area contributed by atoms with Crippen LogP contribution in [0.3, 0.4) is 0 Å². The molecule has 2 atom stereocenters. The molecule has 0 aromatic heterocycles. The second kappa shape index (κ2) is 21.9. The number of rotatable bonds is 23. The van der Waals surface area contributed by atoms with Gasteiger partial charge in [-0.3, -0.25) is 23.4 Å². The molecular weight excluding hydrogens is 637 g/mol. The number of hydrogen-bond acceptors (Lipinski definition) is 13. The Labute approximate surface area is 274 Å². The van der Waals surface area contributed by atoms with Crippen LogP contribution >= 0.6 is 7.82 Å². The van der Waals surface area contributed by atoms with Gasteiger partial charge in [0.15, 0.2) is 0 Å². The van der Waals surface area contributed by atoms with E-state index in [1.165, 1.54) is 0 Å². The highest BCUT2D eigenvalue weighted by atomic mass is 31.2. The van der Waals surface area contributed by atoms with Crippen LogP contribution in [0.15, 0.2) is 58.8 Å². The molecule has 2 amide bonds. The summed E-state index contributed by atoms with van der Waals surface area (Å²) in [5.41, 5.74) is 2.89. The van der Waals surface area contributed by atoms with Crippen LogP contribution in [0.2, 0.25) is 0 Å². The van der Waals surface area contributed by atoms with Crippen molar-refractivity contribution >= 4 is 42.7 Å². The van der Waals surface area contributed by atoms with Gasteiger partial charge in [0.25, 0.3) is 5.91 Å². The molecule has 4 N–H and O–H groups in total. The van der Waals surface area contributed by atoms with E-state index >= 15 is 0 Å². The quantitative estimate of drug-likeness (QED) is 0.0578. The summed E-state index contributed by atoms with van der Waals surface area (Å²) < 4.78 is 36.6. The van der Waals surface area contributed by atoms with Gasteiger partial charge in [-0.25, -0.2) is 4.57 Å². The van der Waals surface area contributed by atoms with Crippen molar-refractivity contribution in [3.63, 3.8) is 0 Å². The summed E-state index contributed by atoms with van der Waals surface area (Å²) in [7, 11) is -0.535. The number of nitrogens with zero attached hydrogens (tertiary/aromatic N) is 3. The SMILES string of the molecule is CCC(=O)OC[C@@H](O)COP(=O)(O)OCCNC(=O)CCOCCOCCNC(=O)c1ccc(N=Nc2ccc(N(C)C)cc2)cc1. The number of phosphoric ester groups is 1. The maximum atomic E-state index is 12.4. The molecular formula is C30H44N5O11P. The maximum absolute atomic E-state index is 12.4. The Kier molecular flexibility index (Phi) is 18.4. The van der Waals surface area contributed by atoms with Crippen molar-refractivity contribution in [2.24, 2.45) is 10.2 Å². The number of carbonyl (C=O) groups is 3. The Morgan fingerprint density at radius 3 is 2.04 bits per heavy atom. The number of amides is 2. The first-order valence-corrected chi connectivity index (χ1v) is 16.4. The molecule has 0 fully saturated rings. The minimum absolute atomic E-state index is 0.0516. The largest absolute Gasteiger partial charge is 0.472 e. The lowest BCUT2D eigenvalue weighted by molar-refractivity contribution is -0.146. The molecule has 260 valence electrons. The van der Waals surface area contributed by atoms with E-state index in [9.17, 15) is 28.9 Å². The van der Waals surface area contributed by atoms with Gasteiger partial charge in [-0.2, -0.15) is 10.2 Å². The molecule has 1 unspecified atom stereocenters. The molecule has 0 bridgehead atoms. The standard InChI is InChI=1S/C30H44N5O11P/c1-4-29(38)44-21-27(36)22-46-47(40,41)45-18-15-31-28(37)13-16-42-19-20-43-17-14-32-30(39)23-5-7-24(8-6-23)33-34-25-9-11-26(12-10-25)35(2)3/h5-12,27,36H,4,13-22H2,1-3H3,(H,31,37)(H,32,39)(H,40,41)/t27-/m1/s1. The van der Waals surface area contributed by atoms with E-state index in [0.717, 1.165) is 11.4 Å². The molecule has 0 aliphatic carbocycles. The van der Waals surface area contributed by atoms with Gasteiger partial charge < -0.3 is 39.7 Å². The molecule has 0 aliphatic rings. The third-order valence-electron chi connectivity index (χ3n) is 5.99. The number of hydrogen-bond donors (Lipinski definition) is 4. The van der Waals surface area contributed by atoms with Crippen molar-refractivity contribution in [2.45, 2.75) is 25.9 Å². The normalized spacial score (nSPS) is 13.1. The van der Waals surface area contributed by atoms with Crippen molar-refractivity contribution in [2.75, 3.05) is 78.3 Å². The molecule has 0 aliphatic heterocycles. The smallest absolute Gasteiger partial charge is 0.463 e. The number of azo groups is 1. The van der Waals surface area contributed by atoms with E-state index < -0.39 is 26.5 Å². The molecule has 2 rings (SSSR count). The third kappa shape index (κ3) is 17.7. The molecule has 0 saturated carbocycles. The Balaban J connectivity index is 1.47.